The van der Waals surface area contributed by atoms with Crippen molar-refractivity contribution >= 4 is 22.6 Å². The van der Waals surface area contributed by atoms with Gasteiger partial charge in [-0.05, 0) is 48.0 Å². The summed E-state index contributed by atoms with van der Waals surface area (Å²) in [5, 5.41) is 15.7. The zero-order valence-electron chi connectivity index (χ0n) is 13.2. The second-order valence-electron chi connectivity index (χ2n) is 5.24. The van der Waals surface area contributed by atoms with Crippen LogP contribution in [0, 0.1) is 6.92 Å². The number of methoxy groups -OCH3 is 1. The molecule has 6 nitrogen and oxygen atoms in total. The van der Waals surface area contributed by atoms with Crippen LogP contribution in [0.5, 0.6) is 5.75 Å². The number of nitrogens with zero attached hydrogens (tertiary/aromatic N) is 1. The number of carbonyl (C=O) groups excluding carboxylic acids is 1. The molecule has 0 atom stereocenters. The molecule has 0 fully saturated rings. The molecular formula is C18H16N2O4. The lowest BCUT2D eigenvalue weighted by Crippen LogP contribution is -2.22. The van der Waals surface area contributed by atoms with E-state index in [0.29, 0.717) is 22.4 Å². The predicted octanol–water partition coefficient (Wildman–Crippen LogP) is 3.29. The zero-order chi connectivity index (χ0) is 17.1. The number of anilines is 1. The van der Waals surface area contributed by atoms with Gasteiger partial charge >= 0.3 is 0 Å². The fraction of sp³-hybridized carbons (Fsp3) is 0.111. The van der Waals surface area contributed by atoms with Crippen molar-refractivity contribution < 1.29 is 19.2 Å². The average Bonchev–Trinajstić information content (AvgIpc) is 2.61. The van der Waals surface area contributed by atoms with Crippen LogP contribution in [0.25, 0.3) is 11.0 Å². The highest BCUT2D eigenvalue weighted by molar-refractivity contribution is 6.05. The van der Waals surface area contributed by atoms with Crippen LogP contribution in [0.2, 0.25) is 0 Å². The topological polar surface area (TPSA) is 84.1 Å². The summed E-state index contributed by atoms with van der Waals surface area (Å²) in [7, 11) is 1.56. The normalized spacial score (nSPS) is 11.5. The molecule has 0 aliphatic rings. The number of aryl methyl sites for hydroxylation is 1. The summed E-state index contributed by atoms with van der Waals surface area (Å²) in [4.78, 5) is 12.6. The number of carbonyl (C=O) groups is 1. The van der Waals surface area contributed by atoms with Crippen LogP contribution in [-0.2, 0) is 0 Å². The Morgan fingerprint density at radius 3 is 2.71 bits per heavy atom. The Kier molecular flexibility index (Phi) is 4.20. The van der Waals surface area contributed by atoms with E-state index in [-0.39, 0.29) is 11.1 Å². The fourth-order valence-corrected chi connectivity index (χ4v) is 2.38. The maximum absolute atomic E-state index is 12.6. The molecule has 0 unspecified atom stereocenters. The Morgan fingerprint density at radius 2 is 2.00 bits per heavy atom. The van der Waals surface area contributed by atoms with Crippen molar-refractivity contribution in [3.05, 3.63) is 65.2 Å². The molecule has 0 spiro atoms. The minimum atomic E-state index is -0.425. The Labute approximate surface area is 138 Å². The summed E-state index contributed by atoms with van der Waals surface area (Å²) in [5.74, 6) is 0.210. The van der Waals surface area contributed by atoms with E-state index in [1.54, 1.807) is 37.4 Å². The lowest BCUT2D eigenvalue weighted by atomic mass is 10.1. The molecule has 1 amide bonds. The molecule has 122 valence electrons. The van der Waals surface area contributed by atoms with Gasteiger partial charge in [0.2, 0.25) is 0 Å². The number of hydrogen-bond acceptors (Lipinski definition) is 5. The largest absolute Gasteiger partial charge is 0.497 e. The van der Waals surface area contributed by atoms with Gasteiger partial charge in [-0.25, -0.2) is 0 Å². The van der Waals surface area contributed by atoms with E-state index in [0.717, 1.165) is 5.56 Å². The van der Waals surface area contributed by atoms with E-state index in [2.05, 4.69) is 10.5 Å². The minimum absolute atomic E-state index is 0.126. The fourth-order valence-electron chi connectivity index (χ4n) is 2.38. The minimum Gasteiger partial charge on any atom is -0.497 e. The van der Waals surface area contributed by atoms with Crippen LogP contribution in [0.3, 0.4) is 0 Å². The molecule has 0 aliphatic heterocycles. The van der Waals surface area contributed by atoms with Crippen LogP contribution in [0.1, 0.15) is 15.9 Å². The molecule has 3 rings (SSSR count). The van der Waals surface area contributed by atoms with Crippen LogP contribution in [0.4, 0.5) is 5.69 Å². The number of hydrogen-bond donors (Lipinski definition) is 2. The van der Waals surface area contributed by atoms with Crippen molar-refractivity contribution in [3.63, 3.8) is 0 Å². The van der Waals surface area contributed by atoms with E-state index >= 15 is 0 Å². The van der Waals surface area contributed by atoms with Gasteiger partial charge in [0.1, 0.15) is 16.9 Å². The van der Waals surface area contributed by atoms with Crippen molar-refractivity contribution in [3.8, 4) is 5.75 Å². The quantitative estimate of drug-likeness (QED) is 0.572. The molecule has 1 heterocycles. The number of nitrogens with one attached hydrogen (secondary N) is 1. The third kappa shape index (κ3) is 2.94. The molecule has 0 saturated heterocycles. The first-order valence-corrected chi connectivity index (χ1v) is 7.29. The molecule has 6 heteroatoms. The van der Waals surface area contributed by atoms with Gasteiger partial charge in [0.05, 0.1) is 7.11 Å². The maximum atomic E-state index is 12.6. The summed E-state index contributed by atoms with van der Waals surface area (Å²) >= 11 is 0. The van der Waals surface area contributed by atoms with Gasteiger partial charge in [0.25, 0.3) is 11.5 Å². The standard InChI is InChI=1S/C18H16N2O4/c1-11-5-3-4-6-15(11)19-17(21)14-10-12-9-13(23-2)7-8-16(12)24-18(14)20-22/h3-10,22H,1-2H3,(H,19,21)/b20-18+. The molecule has 3 aromatic rings. The van der Waals surface area contributed by atoms with Crippen molar-refractivity contribution in [2.45, 2.75) is 6.92 Å². The van der Waals surface area contributed by atoms with Gasteiger partial charge in [-0.15, -0.1) is 0 Å². The Morgan fingerprint density at radius 1 is 1.21 bits per heavy atom. The number of rotatable bonds is 3. The lowest BCUT2D eigenvalue weighted by molar-refractivity contribution is 0.102. The van der Waals surface area contributed by atoms with Gasteiger partial charge < -0.3 is 19.7 Å². The number of fused-ring (bicyclic) bond motifs is 1. The van der Waals surface area contributed by atoms with Crippen molar-refractivity contribution in [1.82, 2.24) is 0 Å². The molecule has 0 aliphatic carbocycles. The highest BCUT2D eigenvalue weighted by atomic mass is 16.5. The molecule has 1 aromatic heterocycles. The summed E-state index contributed by atoms with van der Waals surface area (Å²) in [6.45, 7) is 1.89. The SMILES string of the molecule is COc1ccc2o/c(=N/O)c(C(=O)Nc3ccccc3C)cc2c1. The van der Waals surface area contributed by atoms with E-state index in [4.69, 9.17) is 9.15 Å². The summed E-state index contributed by atoms with van der Waals surface area (Å²) < 4.78 is 10.7. The van der Waals surface area contributed by atoms with E-state index in [1.165, 1.54) is 0 Å². The first kappa shape index (κ1) is 15.6. The second-order valence-corrected chi connectivity index (χ2v) is 5.24. The van der Waals surface area contributed by atoms with E-state index in [1.807, 2.05) is 25.1 Å². The molecule has 2 N–H and O–H groups in total. The monoisotopic (exact) mass is 324 g/mol. The molecule has 24 heavy (non-hydrogen) atoms. The maximum Gasteiger partial charge on any atom is 0.268 e. The van der Waals surface area contributed by atoms with Gasteiger partial charge in [-0.3, -0.25) is 4.79 Å². The van der Waals surface area contributed by atoms with Gasteiger partial charge in [0, 0.05) is 11.1 Å². The highest BCUT2D eigenvalue weighted by Crippen LogP contribution is 2.21. The van der Waals surface area contributed by atoms with E-state index in [9.17, 15) is 10.0 Å². The average molecular weight is 324 g/mol. The van der Waals surface area contributed by atoms with Crippen LogP contribution in [0.15, 0.2) is 58.1 Å². The Bertz CT molecular complexity index is 976. The van der Waals surface area contributed by atoms with Gasteiger partial charge in [-0.2, -0.15) is 0 Å². The van der Waals surface area contributed by atoms with Crippen LogP contribution >= 0.6 is 0 Å². The van der Waals surface area contributed by atoms with Crippen molar-refractivity contribution in [2.24, 2.45) is 5.16 Å². The zero-order valence-corrected chi connectivity index (χ0v) is 13.2. The molecule has 2 aromatic carbocycles. The summed E-state index contributed by atoms with van der Waals surface area (Å²) in [6, 6.07) is 14.2. The Hall–Kier alpha value is -3.28. The summed E-state index contributed by atoms with van der Waals surface area (Å²) in [6.07, 6.45) is 0. The molecule has 0 radical (unpaired) electrons. The first-order chi connectivity index (χ1) is 11.6. The van der Waals surface area contributed by atoms with E-state index < -0.39 is 5.91 Å². The van der Waals surface area contributed by atoms with Gasteiger partial charge in [0.15, 0.2) is 0 Å². The summed E-state index contributed by atoms with van der Waals surface area (Å²) in [5.41, 5.74) is 2.06. The van der Waals surface area contributed by atoms with Crippen molar-refractivity contribution in [2.75, 3.05) is 12.4 Å². The highest BCUT2D eigenvalue weighted by Gasteiger charge is 2.14. The molecule has 0 bridgehead atoms. The Balaban J connectivity index is 2.07. The van der Waals surface area contributed by atoms with Gasteiger partial charge in [-0.1, -0.05) is 18.2 Å². The predicted molar refractivity (Wildman–Crippen MR) is 89.2 cm³/mol. The number of amides is 1. The van der Waals surface area contributed by atoms with Crippen molar-refractivity contribution in [1.29, 1.82) is 0 Å². The van der Waals surface area contributed by atoms with Crippen LogP contribution < -0.4 is 15.6 Å². The number of benzene rings is 2. The molecule has 0 saturated carbocycles. The first-order valence-electron chi connectivity index (χ1n) is 7.29. The lowest BCUT2D eigenvalue weighted by Gasteiger charge is -2.09. The van der Waals surface area contributed by atoms with Crippen LogP contribution in [-0.4, -0.2) is 18.2 Å². The second kappa shape index (κ2) is 6.45. The molecular weight excluding hydrogens is 308 g/mol. The smallest absolute Gasteiger partial charge is 0.268 e. The number of ether oxygens (including phenoxy) is 1. The third-order valence-electron chi connectivity index (χ3n) is 3.68. The third-order valence-corrected chi connectivity index (χ3v) is 3.68. The number of para-hydroxylation sites is 1.